The van der Waals surface area contributed by atoms with Crippen LogP contribution in [0, 0.1) is 5.82 Å². The number of halogens is 1. The van der Waals surface area contributed by atoms with Crippen molar-refractivity contribution in [3.63, 3.8) is 0 Å². The van der Waals surface area contributed by atoms with Gasteiger partial charge in [-0.25, -0.2) is 4.39 Å². The van der Waals surface area contributed by atoms with Crippen molar-refractivity contribution in [3.05, 3.63) is 77.7 Å². The van der Waals surface area contributed by atoms with E-state index in [2.05, 4.69) is 4.98 Å². The van der Waals surface area contributed by atoms with Gasteiger partial charge in [0, 0.05) is 22.7 Å². The molecule has 0 fully saturated rings. The first-order valence-corrected chi connectivity index (χ1v) is 7.05. The fourth-order valence-electron chi connectivity index (χ4n) is 2.81. The molecule has 1 heterocycles. The van der Waals surface area contributed by atoms with Gasteiger partial charge in [0.2, 0.25) is 0 Å². The van der Waals surface area contributed by atoms with E-state index in [1.807, 2.05) is 43.3 Å². The second-order valence-corrected chi connectivity index (χ2v) is 5.19. The SMILES string of the molecule is CCC(N)(c1ccccc1F)c1cccc2cccnc12. The molecular formula is C18H17FN2. The molecule has 0 radical (unpaired) electrons. The zero-order chi connectivity index (χ0) is 14.9. The van der Waals surface area contributed by atoms with Gasteiger partial charge in [0.05, 0.1) is 11.1 Å². The molecule has 0 aliphatic heterocycles. The van der Waals surface area contributed by atoms with Gasteiger partial charge in [0.15, 0.2) is 0 Å². The van der Waals surface area contributed by atoms with E-state index in [-0.39, 0.29) is 5.82 Å². The predicted octanol–water partition coefficient (Wildman–Crippen LogP) is 3.99. The normalized spacial score (nSPS) is 14.0. The van der Waals surface area contributed by atoms with Crippen LogP contribution >= 0.6 is 0 Å². The smallest absolute Gasteiger partial charge is 0.128 e. The van der Waals surface area contributed by atoms with Crippen molar-refractivity contribution in [2.24, 2.45) is 5.73 Å². The summed E-state index contributed by atoms with van der Waals surface area (Å²) in [4.78, 5) is 4.45. The van der Waals surface area contributed by atoms with Crippen LogP contribution < -0.4 is 5.73 Å². The zero-order valence-corrected chi connectivity index (χ0v) is 11.9. The summed E-state index contributed by atoms with van der Waals surface area (Å²) >= 11 is 0. The van der Waals surface area contributed by atoms with Crippen molar-refractivity contribution in [2.45, 2.75) is 18.9 Å². The number of para-hydroxylation sites is 1. The lowest BCUT2D eigenvalue weighted by Gasteiger charge is -2.30. The van der Waals surface area contributed by atoms with Crippen LogP contribution in [0.5, 0.6) is 0 Å². The maximum atomic E-state index is 14.3. The number of benzene rings is 2. The van der Waals surface area contributed by atoms with Crippen LogP contribution in [0.15, 0.2) is 60.8 Å². The fourth-order valence-corrected chi connectivity index (χ4v) is 2.81. The van der Waals surface area contributed by atoms with Crippen molar-refractivity contribution < 1.29 is 4.39 Å². The molecule has 3 aromatic rings. The van der Waals surface area contributed by atoms with E-state index in [1.54, 1.807) is 18.3 Å². The molecule has 21 heavy (non-hydrogen) atoms. The van der Waals surface area contributed by atoms with Gasteiger partial charge >= 0.3 is 0 Å². The first-order valence-electron chi connectivity index (χ1n) is 7.05. The molecule has 0 saturated heterocycles. The summed E-state index contributed by atoms with van der Waals surface area (Å²) in [5.41, 5.74) is 7.92. The maximum absolute atomic E-state index is 14.3. The Morgan fingerprint density at radius 3 is 2.48 bits per heavy atom. The van der Waals surface area contributed by atoms with Gasteiger partial charge in [0.25, 0.3) is 0 Å². The third-order valence-electron chi connectivity index (χ3n) is 4.03. The maximum Gasteiger partial charge on any atom is 0.128 e. The van der Waals surface area contributed by atoms with Gasteiger partial charge < -0.3 is 5.73 Å². The highest BCUT2D eigenvalue weighted by Crippen LogP contribution is 2.35. The minimum Gasteiger partial charge on any atom is -0.318 e. The first-order chi connectivity index (χ1) is 10.2. The highest BCUT2D eigenvalue weighted by Gasteiger charge is 2.32. The van der Waals surface area contributed by atoms with Gasteiger partial charge in [-0.2, -0.15) is 0 Å². The molecule has 0 aliphatic carbocycles. The molecule has 1 unspecified atom stereocenters. The Kier molecular flexibility index (Phi) is 3.43. The van der Waals surface area contributed by atoms with Crippen LogP contribution in [0.4, 0.5) is 4.39 Å². The summed E-state index contributed by atoms with van der Waals surface area (Å²) in [5.74, 6) is -0.283. The van der Waals surface area contributed by atoms with E-state index < -0.39 is 5.54 Å². The molecule has 0 aliphatic rings. The van der Waals surface area contributed by atoms with E-state index in [9.17, 15) is 4.39 Å². The van der Waals surface area contributed by atoms with Gasteiger partial charge in [0.1, 0.15) is 5.82 Å². The number of rotatable bonds is 3. The van der Waals surface area contributed by atoms with Crippen molar-refractivity contribution in [3.8, 4) is 0 Å². The molecule has 0 saturated carbocycles. The van der Waals surface area contributed by atoms with Gasteiger partial charge in [-0.05, 0) is 18.6 Å². The van der Waals surface area contributed by atoms with Crippen LogP contribution in [0.3, 0.4) is 0 Å². The third kappa shape index (κ3) is 2.20. The first kappa shape index (κ1) is 13.7. The lowest BCUT2D eigenvalue weighted by molar-refractivity contribution is 0.482. The third-order valence-corrected chi connectivity index (χ3v) is 4.03. The molecule has 2 aromatic carbocycles. The number of aromatic nitrogens is 1. The number of nitrogens with two attached hydrogens (primary N) is 1. The highest BCUT2D eigenvalue weighted by atomic mass is 19.1. The summed E-state index contributed by atoms with van der Waals surface area (Å²) in [6, 6.07) is 16.4. The second-order valence-electron chi connectivity index (χ2n) is 5.19. The van der Waals surface area contributed by atoms with E-state index in [4.69, 9.17) is 5.73 Å². The molecule has 106 valence electrons. The van der Waals surface area contributed by atoms with Crippen LogP contribution in [0.2, 0.25) is 0 Å². The Morgan fingerprint density at radius 1 is 1.00 bits per heavy atom. The molecule has 1 atom stereocenters. The van der Waals surface area contributed by atoms with Crippen molar-refractivity contribution >= 4 is 10.9 Å². The Balaban J connectivity index is 2.30. The molecular weight excluding hydrogens is 263 g/mol. The highest BCUT2D eigenvalue weighted by molar-refractivity contribution is 5.83. The standard InChI is InChI=1S/C18H17FN2/c1-2-18(20,14-9-3-4-11-16(14)19)15-10-5-7-13-8-6-12-21-17(13)15/h3-12H,2,20H2,1H3. The molecule has 2 nitrogen and oxygen atoms in total. The largest absolute Gasteiger partial charge is 0.318 e. The lowest BCUT2D eigenvalue weighted by Crippen LogP contribution is -2.38. The quantitative estimate of drug-likeness (QED) is 0.788. The molecule has 3 heteroatoms. The monoisotopic (exact) mass is 280 g/mol. The predicted molar refractivity (Wildman–Crippen MR) is 83.4 cm³/mol. The Hall–Kier alpha value is -2.26. The molecule has 0 amide bonds. The van der Waals surface area contributed by atoms with E-state index in [0.29, 0.717) is 12.0 Å². The second kappa shape index (κ2) is 5.26. The summed E-state index contributed by atoms with van der Waals surface area (Å²) in [6.45, 7) is 1.97. The van der Waals surface area contributed by atoms with E-state index >= 15 is 0 Å². The van der Waals surface area contributed by atoms with E-state index in [1.165, 1.54) is 6.07 Å². The average Bonchev–Trinajstić information content (AvgIpc) is 2.54. The van der Waals surface area contributed by atoms with Gasteiger partial charge in [-0.1, -0.05) is 49.4 Å². The Labute approximate surface area is 123 Å². The van der Waals surface area contributed by atoms with Crippen molar-refractivity contribution in [1.82, 2.24) is 4.98 Å². The number of pyridine rings is 1. The summed E-state index contributed by atoms with van der Waals surface area (Å²) < 4.78 is 14.3. The minimum absolute atomic E-state index is 0.283. The summed E-state index contributed by atoms with van der Waals surface area (Å²) in [6.07, 6.45) is 2.33. The summed E-state index contributed by atoms with van der Waals surface area (Å²) in [7, 11) is 0. The number of nitrogens with zero attached hydrogens (tertiary/aromatic N) is 1. The number of hydrogen-bond donors (Lipinski definition) is 1. The number of hydrogen-bond acceptors (Lipinski definition) is 2. The van der Waals surface area contributed by atoms with Crippen molar-refractivity contribution in [1.29, 1.82) is 0 Å². The topological polar surface area (TPSA) is 38.9 Å². The molecule has 0 spiro atoms. The van der Waals surface area contributed by atoms with Crippen LogP contribution in [0.25, 0.3) is 10.9 Å². The van der Waals surface area contributed by atoms with Crippen LogP contribution in [0.1, 0.15) is 24.5 Å². The molecule has 0 bridgehead atoms. The average molecular weight is 280 g/mol. The number of fused-ring (bicyclic) bond motifs is 1. The fraction of sp³-hybridized carbons (Fsp3) is 0.167. The Morgan fingerprint density at radius 2 is 1.71 bits per heavy atom. The van der Waals surface area contributed by atoms with Crippen molar-refractivity contribution in [2.75, 3.05) is 0 Å². The summed E-state index contributed by atoms with van der Waals surface area (Å²) in [5, 5.41) is 1.01. The van der Waals surface area contributed by atoms with Gasteiger partial charge in [-0.15, -0.1) is 0 Å². The van der Waals surface area contributed by atoms with E-state index in [0.717, 1.165) is 16.5 Å². The lowest BCUT2D eigenvalue weighted by atomic mass is 9.80. The zero-order valence-electron chi connectivity index (χ0n) is 11.9. The Bertz CT molecular complexity index is 780. The van der Waals surface area contributed by atoms with Crippen LogP contribution in [-0.4, -0.2) is 4.98 Å². The minimum atomic E-state index is -0.890. The van der Waals surface area contributed by atoms with Gasteiger partial charge in [-0.3, -0.25) is 4.98 Å². The molecule has 2 N–H and O–H groups in total. The molecule has 1 aromatic heterocycles. The van der Waals surface area contributed by atoms with Crippen LogP contribution in [-0.2, 0) is 5.54 Å². The molecule has 3 rings (SSSR count).